The first-order valence-electron chi connectivity index (χ1n) is 10.7. The van der Waals surface area contributed by atoms with Gasteiger partial charge in [0.2, 0.25) is 0 Å². The third-order valence-corrected chi connectivity index (χ3v) is 6.09. The van der Waals surface area contributed by atoms with Crippen LogP contribution in [-0.2, 0) is 16.1 Å². The number of rotatable bonds is 8. The Kier molecular flexibility index (Phi) is 8.26. The maximum Gasteiger partial charge on any atom is 0.408 e. The number of benzene rings is 1. The molecular weight excluding hydrogens is 384 g/mol. The third kappa shape index (κ3) is 6.19. The van der Waals surface area contributed by atoms with Gasteiger partial charge in [-0.25, -0.2) is 4.79 Å². The van der Waals surface area contributed by atoms with Gasteiger partial charge in [0.05, 0.1) is 18.1 Å². The summed E-state index contributed by atoms with van der Waals surface area (Å²) >= 11 is 0. The maximum absolute atomic E-state index is 12.5. The number of amides is 1. The SMILES string of the molecule is CC(C)[C@H](O)[C@@H]1C[C@H](N(C(=O)O)C(C)(C)CC(=O)OCc2ccccc2)CC[C@@H]1N. The van der Waals surface area contributed by atoms with Crippen LogP contribution in [0.15, 0.2) is 30.3 Å². The Morgan fingerprint density at radius 3 is 2.43 bits per heavy atom. The highest BCUT2D eigenvalue weighted by atomic mass is 16.5. The van der Waals surface area contributed by atoms with E-state index in [0.29, 0.717) is 19.3 Å². The minimum absolute atomic E-state index is 0.0408. The number of ether oxygens (including phenoxy) is 1. The predicted molar refractivity (Wildman–Crippen MR) is 115 cm³/mol. The van der Waals surface area contributed by atoms with Crippen LogP contribution < -0.4 is 5.73 Å². The van der Waals surface area contributed by atoms with E-state index in [9.17, 15) is 19.8 Å². The number of hydrogen-bond acceptors (Lipinski definition) is 5. The number of nitrogens with zero attached hydrogens (tertiary/aromatic N) is 1. The zero-order valence-corrected chi connectivity index (χ0v) is 18.5. The lowest BCUT2D eigenvalue weighted by Crippen LogP contribution is -2.58. The molecule has 1 fully saturated rings. The van der Waals surface area contributed by atoms with Gasteiger partial charge in [0.25, 0.3) is 0 Å². The normalized spacial score (nSPS) is 23.1. The molecule has 0 unspecified atom stereocenters. The Balaban J connectivity index is 2.07. The van der Waals surface area contributed by atoms with Crippen molar-refractivity contribution in [1.82, 2.24) is 4.90 Å². The van der Waals surface area contributed by atoms with E-state index in [-0.39, 0.29) is 36.9 Å². The van der Waals surface area contributed by atoms with Crippen LogP contribution in [0, 0.1) is 11.8 Å². The molecule has 30 heavy (non-hydrogen) atoms. The summed E-state index contributed by atoms with van der Waals surface area (Å²) < 4.78 is 5.37. The molecule has 0 bridgehead atoms. The van der Waals surface area contributed by atoms with Gasteiger partial charge < -0.3 is 20.7 Å². The largest absolute Gasteiger partial charge is 0.465 e. The molecule has 1 saturated carbocycles. The fraction of sp³-hybridized carbons (Fsp3) is 0.652. The van der Waals surface area contributed by atoms with Crippen molar-refractivity contribution in [3.05, 3.63) is 35.9 Å². The third-order valence-electron chi connectivity index (χ3n) is 6.09. The second-order valence-electron chi connectivity index (χ2n) is 9.32. The van der Waals surface area contributed by atoms with E-state index in [1.165, 1.54) is 4.90 Å². The van der Waals surface area contributed by atoms with Crippen LogP contribution in [0.25, 0.3) is 0 Å². The van der Waals surface area contributed by atoms with Gasteiger partial charge in [-0.05, 0) is 44.6 Å². The summed E-state index contributed by atoms with van der Waals surface area (Å²) in [4.78, 5) is 26.0. The van der Waals surface area contributed by atoms with Gasteiger partial charge in [0.15, 0.2) is 0 Å². The lowest BCUT2D eigenvalue weighted by Gasteiger charge is -2.47. The van der Waals surface area contributed by atoms with Gasteiger partial charge in [0.1, 0.15) is 6.61 Å². The fourth-order valence-corrected chi connectivity index (χ4v) is 4.46. The molecule has 1 aliphatic carbocycles. The summed E-state index contributed by atoms with van der Waals surface area (Å²) in [6.45, 7) is 7.51. The highest BCUT2D eigenvalue weighted by molar-refractivity contribution is 5.73. The van der Waals surface area contributed by atoms with E-state index in [4.69, 9.17) is 10.5 Å². The molecule has 1 aliphatic rings. The predicted octanol–water partition coefficient (Wildman–Crippen LogP) is 3.39. The lowest BCUT2D eigenvalue weighted by atomic mass is 9.75. The van der Waals surface area contributed by atoms with Crippen LogP contribution in [-0.4, -0.2) is 50.9 Å². The Morgan fingerprint density at radius 1 is 1.23 bits per heavy atom. The Labute approximate surface area is 179 Å². The molecule has 1 amide bonds. The average molecular weight is 421 g/mol. The molecule has 0 heterocycles. The molecule has 168 valence electrons. The van der Waals surface area contributed by atoms with E-state index in [2.05, 4.69) is 0 Å². The van der Waals surface area contributed by atoms with Crippen molar-refractivity contribution >= 4 is 12.1 Å². The van der Waals surface area contributed by atoms with Crippen LogP contribution in [0.4, 0.5) is 4.79 Å². The summed E-state index contributed by atoms with van der Waals surface area (Å²) in [5.41, 5.74) is 6.18. The van der Waals surface area contributed by atoms with Crippen LogP contribution in [0.5, 0.6) is 0 Å². The molecule has 0 aromatic heterocycles. The molecule has 7 nitrogen and oxygen atoms in total. The number of aliphatic hydroxyl groups excluding tert-OH is 1. The standard InChI is InChI=1S/C23H36N2O5/c1-15(2)21(27)18-12-17(10-11-19(18)24)25(22(28)29)23(3,4)13-20(26)30-14-16-8-6-5-7-9-16/h5-9,15,17-19,21,27H,10-14,24H2,1-4H3,(H,28,29)/t17-,18-,19+,21+/m1/s1. The summed E-state index contributed by atoms with van der Waals surface area (Å²) in [7, 11) is 0. The monoisotopic (exact) mass is 420 g/mol. The molecule has 4 atom stereocenters. The van der Waals surface area contributed by atoms with E-state index >= 15 is 0 Å². The van der Waals surface area contributed by atoms with Crippen molar-refractivity contribution in [2.45, 2.75) is 83.7 Å². The van der Waals surface area contributed by atoms with Crippen molar-refractivity contribution in [1.29, 1.82) is 0 Å². The molecule has 0 saturated heterocycles. The zero-order valence-electron chi connectivity index (χ0n) is 18.5. The number of nitrogens with two attached hydrogens (primary N) is 1. The first kappa shape index (κ1) is 24.2. The van der Waals surface area contributed by atoms with Gasteiger partial charge >= 0.3 is 12.1 Å². The van der Waals surface area contributed by atoms with Crippen LogP contribution >= 0.6 is 0 Å². The van der Waals surface area contributed by atoms with Crippen LogP contribution in [0.2, 0.25) is 0 Å². The fourth-order valence-electron chi connectivity index (χ4n) is 4.46. The highest BCUT2D eigenvalue weighted by Crippen LogP contribution is 2.35. The quantitative estimate of drug-likeness (QED) is 0.556. The van der Waals surface area contributed by atoms with Crippen molar-refractivity contribution in [3.8, 4) is 0 Å². The van der Waals surface area contributed by atoms with Gasteiger partial charge in [-0.15, -0.1) is 0 Å². The summed E-state index contributed by atoms with van der Waals surface area (Å²) in [6, 6.07) is 8.90. The molecule has 1 aromatic carbocycles. The van der Waals surface area contributed by atoms with Crippen molar-refractivity contribution in [2.24, 2.45) is 17.6 Å². The lowest BCUT2D eigenvalue weighted by molar-refractivity contribution is -0.148. The molecule has 2 rings (SSSR count). The molecule has 0 aliphatic heterocycles. The van der Waals surface area contributed by atoms with Gasteiger partial charge in [-0.1, -0.05) is 44.2 Å². The van der Waals surface area contributed by atoms with Crippen LogP contribution in [0.3, 0.4) is 0 Å². The molecule has 7 heteroatoms. The summed E-state index contributed by atoms with van der Waals surface area (Å²) in [6.07, 6.45) is 0.0160. The molecular formula is C23H36N2O5. The van der Waals surface area contributed by atoms with Crippen molar-refractivity contribution in [3.63, 3.8) is 0 Å². The number of carbonyl (C=O) groups is 2. The molecule has 0 radical (unpaired) electrons. The van der Waals surface area contributed by atoms with E-state index in [0.717, 1.165) is 5.56 Å². The number of carbonyl (C=O) groups excluding carboxylic acids is 1. The Hall–Kier alpha value is -2.12. The van der Waals surface area contributed by atoms with Gasteiger partial charge in [0, 0.05) is 18.0 Å². The van der Waals surface area contributed by atoms with Crippen molar-refractivity contribution in [2.75, 3.05) is 0 Å². The van der Waals surface area contributed by atoms with Crippen molar-refractivity contribution < 1.29 is 24.5 Å². The Morgan fingerprint density at radius 2 is 1.87 bits per heavy atom. The molecule has 1 aromatic rings. The second kappa shape index (κ2) is 10.3. The number of carboxylic acid groups (broad SMARTS) is 1. The minimum atomic E-state index is -1.07. The van der Waals surface area contributed by atoms with E-state index in [1.807, 2.05) is 44.2 Å². The Bertz CT molecular complexity index is 707. The molecule has 4 N–H and O–H groups in total. The molecule has 0 spiro atoms. The second-order valence-corrected chi connectivity index (χ2v) is 9.32. The van der Waals surface area contributed by atoms with Gasteiger partial charge in [-0.3, -0.25) is 9.69 Å². The zero-order chi connectivity index (χ0) is 22.5. The first-order chi connectivity index (χ1) is 14.0. The first-order valence-corrected chi connectivity index (χ1v) is 10.7. The topological polar surface area (TPSA) is 113 Å². The van der Waals surface area contributed by atoms with Gasteiger partial charge in [-0.2, -0.15) is 0 Å². The highest BCUT2D eigenvalue weighted by Gasteiger charge is 2.43. The number of aliphatic hydroxyl groups is 1. The smallest absolute Gasteiger partial charge is 0.408 e. The summed E-state index contributed by atoms with van der Waals surface area (Å²) in [5, 5.41) is 20.5. The average Bonchev–Trinajstić information content (AvgIpc) is 2.67. The summed E-state index contributed by atoms with van der Waals surface area (Å²) in [5.74, 6) is -0.577. The number of hydrogen-bond donors (Lipinski definition) is 3. The minimum Gasteiger partial charge on any atom is -0.465 e. The number of esters is 1. The van der Waals surface area contributed by atoms with Crippen LogP contribution in [0.1, 0.15) is 58.9 Å². The van der Waals surface area contributed by atoms with E-state index in [1.54, 1.807) is 13.8 Å². The maximum atomic E-state index is 12.5. The van der Waals surface area contributed by atoms with E-state index < -0.39 is 23.7 Å².